The Labute approximate surface area is 172 Å². The van der Waals surface area contributed by atoms with Crippen LogP contribution in [0.3, 0.4) is 0 Å². The SMILES string of the molecule is CC(=O)c1ccc(N2CCN(c3cc4c(cc3[N+](=O)[O-])CCC(=O)N4)CC2)c(F)c1. The third kappa shape index (κ3) is 3.70. The zero-order chi connectivity index (χ0) is 21.4. The molecular formula is C21H21FN4O4. The fourth-order valence-corrected chi connectivity index (χ4v) is 3.97. The van der Waals surface area contributed by atoms with Gasteiger partial charge >= 0.3 is 0 Å². The highest BCUT2D eigenvalue weighted by molar-refractivity contribution is 5.95. The first kappa shape index (κ1) is 19.8. The molecule has 8 nitrogen and oxygen atoms in total. The van der Waals surface area contributed by atoms with Crippen LogP contribution in [0, 0.1) is 15.9 Å². The standard InChI is InChI=1S/C21H21FN4O4/c1-13(27)14-2-4-18(16(22)10-14)24-6-8-25(9-7-24)19-12-17-15(3-5-21(28)23-17)11-20(19)26(29)30/h2,4,10-12H,3,5-9H2,1H3,(H,23,28). The van der Waals surface area contributed by atoms with Gasteiger partial charge in [-0.05, 0) is 43.2 Å². The molecule has 1 fully saturated rings. The monoisotopic (exact) mass is 412 g/mol. The normalized spacial score (nSPS) is 16.1. The molecule has 1 amide bonds. The van der Waals surface area contributed by atoms with E-state index in [0.29, 0.717) is 61.6 Å². The van der Waals surface area contributed by atoms with Crippen molar-refractivity contribution in [1.82, 2.24) is 0 Å². The van der Waals surface area contributed by atoms with Crippen molar-refractivity contribution < 1.29 is 18.9 Å². The number of fused-ring (bicyclic) bond motifs is 1. The second-order valence-electron chi connectivity index (χ2n) is 7.50. The minimum atomic E-state index is -0.460. The Kier molecular flexibility index (Phi) is 5.11. The number of nitrogens with zero attached hydrogens (tertiary/aromatic N) is 3. The quantitative estimate of drug-likeness (QED) is 0.471. The third-order valence-corrected chi connectivity index (χ3v) is 5.61. The number of carbonyl (C=O) groups excluding carboxylic acids is 2. The summed E-state index contributed by atoms with van der Waals surface area (Å²) < 4.78 is 14.5. The van der Waals surface area contributed by atoms with Crippen molar-refractivity contribution in [1.29, 1.82) is 0 Å². The minimum absolute atomic E-state index is 0.00957. The molecule has 2 aromatic rings. The molecule has 0 saturated carbocycles. The minimum Gasteiger partial charge on any atom is -0.366 e. The fourth-order valence-electron chi connectivity index (χ4n) is 3.97. The van der Waals surface area contributed by atoms with Gasteiger partial charge in [-0.25, -0.2) is 4.39 Å². The van der Waals surface area contributed by atoms with Gasteiger partial charge in [0.05, 0.1) is 10.6 Å². The molecule has 1 N–H and O–H groups in total. The van der Waals surface area contributed by atoms with Crippen LogP contribution in [0.2, 0.25) is 0 Å². The van der Waals surface area contributed by atoms with Gasteiger partial charge in [0, 0.05) is 49.9 Å². The van der Waals surface area contributed by atoms with E-state index < -0.39 is 10.7 Å². The molecule has 0 atom stereocenters. The summed E-state index contributed by atoms with van der Waals surface area (Å²) in [6, 6.07) is 7.64. The van der Waals surface area contributed by atoms with Crippen molar-refractivity contribution in [2.45, 2.75) is 19.8 Å². The lowest BCUT2D eigenvalue weighted by Crippen LogP contribution is -2.47. The Bertz CT molecular complexity index is 1050. The van der Waals surface area contributed by atoms with Gasteiger partial charge < -0.3 is 15.1 Å². The molecule has 2 aliphatic heterocycles. The number of amides is 1. The van der Waals surface area contributed by atoms with Crippen LogP contribution in [-0.4, -0.2) is 42.8 Å². The van der Waals surface area contributed by atoms with Gasteiger partial charge in [0.1, 0.15) is 11.5 Å². The Hall–Kier alpha value is -3.49. The van der Waals surface area contributed by atoms with Gasteiger partial charge in [0.2, 0.25) is 5.91 Å². The summed E-state index contributed by atoms with van der Waals surface area (Å²) in [5, 5.41) is 14.4. The molecule has 1 saturated heterocycles. The van der Waals surface area contributed by atoms with Gasteiger partial charge in [-0.3, -0.25) is 19.7 Å². The van der Waals surface area contributed by atoms with E-state index in [1.807, 2.05) is 9.80 Å². The maximum Gasteiger partial charge on any atom is 0.292 e. The molecule has 2 heterocycles. The second-order valence-corrected chi connectivity index (χ2v) is 7.50. The number of hydrogen-bond acceptors (Lipinski definition) is 6. The Balaban J connectivity index is 1.55. The van der Waals surface area contributed by atoms with Crippen LogP contribution in [0.25, 0.3) is 0 Å². The molecular weight excluding hydrogens is 391 g/mol. The molecule has 9 heteroatoms. The van der Waals surface area contributed by atoms with Crippen molar-refractivity contribution >= 4 is 34.4 Å². The lowest BCUT2D eigenvalue weighted by molar-refractivity contribution is -0.384. The lowest BCUT2D eigenvalue weighted by Gasteiger charge is -2.37. The summed E-state index contributed by atoms with van der Waals surface area (Å²) in [5.41, 5.74) is 2.56. The van der Waals surface area contributed by atoms with Crippen LogP contribution in [0.5, 0.6) is 0 Å². The average Bonchev–Trinajstić information content (AvgIpc) is 2.72. The van der Waals surface area contributed by atoms with Crippen LogP contribution >= 0.6 is 0 Å². The average molecular weight is 412 g/mol. The fraction of sp³-hybridized carbons (Fsp3) is 0.333. The van der Waals surface area contributed by atoms with E-state index in [-0.39, 0.29) is 17.4 Å². The number of anilines is 3. The maximum atomic E-state index is 14.5. The van der Waals surface area contributed by atoms with E-state index in [9.17, 15) is 24.1 Å². The Morgan fingerprint density at radius 3 is 2.33 bits per heavy atom. The first-order valence-corrected chi connectivity index (χ1v) is 9.75. The van der Waals surface area contributed by atoms with Gasteiger partial charge in [0.15, 0.2) is 5.78 Å². The second kappa shape index (κ2) is 7.74. The van der Waals surface area contributed by atoms with Gasteiger partial charge in [-0.1, -0.05) is 0 Å². The van der Waals surface area contributed by atoms with Gasteiger partial charge in [-0.2, -0.15) is 0 Å². The smallest absolute Gasteiger partial charge is 0.292 e. The number of nitrogens with one attached hydrogen (secondary N) is 1. The molecule has 0 bridgehead atoms. The highest BCUT2D eigenvalue weighted by Gasteiger charge is 2.28. The van der Waals surface area contributed by atoms with Crippen LogP contribution < -0.4 is 15.1 Å². The van der Waals surface area contributed by atoms with E-state index in [1.54, 1.807) is 18.2 Å². The molecule has 0 aromatic heterocycles. The highest BCUT2D eigenvalue weighted by atomic mass is 19.1. The molecule has 2 aromatic carbocycles. The van der Waals surface area contributed by atoms with Crippen molar-refractivity contribution in [3.8, 4) is 0 Å². The summed E-state index contributed by atoms with van der Waals surface area (Å²) in [4.78, 5) is 38.1. The lowest BCUT2D eigenvalue weighted by atomic mass is 10.0. The van der Waals surface area contributed by atoms with Crippen LogP contribution in [0.15, 0.2) is 30.3 Å². The van der Waals surface area contributed by atoms with Crippen LogP contribution in [0.1, 0.15) is 29.3 Å². The molecule has 0 unspecified atom stereocenters. The van der Waals surface area contributed by atoms with E-state index in [4.69, 9.17) is 0 Å². The number of piperazine rings is 1. The molecule has 0 radical (unpaired) electrons. The number of rotatable bonds is 4. The Morgan fingerprint density at radius 2 is 1.73 bits per heavy atom. The van der Waals surface area contributed by atoms with Crippen LogP contribution in [-0.2, 0) is 11.2 Å². The van der Waals surface area contributed by atoms with Crippen LogP contribution in [0.4, 0.5) is 27.1 Å². The van der Waals surface area contributed by atoms with Gasteiger partial charge in [0.25, 0.3) is 5.69 Å². The van der Waals surface area contributed by atoms with Crippen molar-refractivity contribution in [3.63, 3.8) is 0 Å². The van der Waals surface area contributed by atoms with E-state index in [0.717, 1.165) is 5.56 Å². The third-order valence-electron chi connectivity index (χ3n) is 5.61. The number of benzene rings is 2. The number of halogens is 1. The predicted octanol–water partition coefficient (Wildman–Crippen LogP) is 3.15. The van der Waals surface area contributed by atoms with Crippen molar-refractivity contribution in [3.05, 3.63) is 57.4 Å². The summed E-state index contributed by atoms with van der Waals surface area (Å²) in [6.07, 6.45) is 0.793. The number of Topliss-reactive ketones (excluding diaryl/α,β-unsaturated/α-hetero) is 1. The molecule has 4 rings (SSSR count). The summed E-state index contributed by atoms with van der Waals surface area (Å²) in [5.74, 6) is -0.757. The Morgan fingerprint density at radius 1 is 1.07 bits per heavy atom. The zero-order valence-corrected chi connectivity index (χ0v) is 16.5. The predicted molar refractivity (Wildman–Crippen MR) is 111 cm³/mol. The topological polar surface area (TPSA) is 95.8 Å². The molecule has 2 aliphatic rings. The van der Waals surface area contributed by atoms with E-state index in [1.165, 1.54) is 19.1 Å². The largest absolute Gasteiger partial charge is 0.366 e. The van der Waals surface area contributed by atoms with Crippen molar-refractivity contribution in [2.75, 3.05) is 41.3 Å². The number of hydrogen-bond donors (Lipinski definition) is 1. The van der Waals surface area contributed by atoms with E-state index >= 15 is 0 Å². The first-order chi connectivity index (χ1) is 14.3. The zero-order valence-electron chi connectivity index (χ0n) is 16.5. The van der Waals surface area contributed by atoms with E-state index in [2.05, 4.69) is 5.32 Å². The number of aryl methyl sites for hydroxylation is 1. The molecule has 0 aliphatic carbocycles. The highest BCUT2D eigenvalue weighted by Crippen LogP contribution is 2.37. The molecule has 0 spiro atoms. The molecule has 30 heavy (non-hydrogen) atoms. The number of ketones is 1. The number of nitro benzene ring substituents is 1. The summed E-state index contributed by atoms with van der Waals surface area (Å²) in [6.45, 7) is 3.25. The number of nitro groups is 1. The summed E-state index contributed by atoms with van der Waals surface area (Å²) in [7, 11) is 0. The molecule has 156 valence electrons. The first-order valence-electron chi connectivity index (χ1n) is 9.75. The van der Waals surface area contributed by atoms with Crippen molar-refractivity contribution in [2.24, 2.45) is 0 Å². The maximum absolute atomic E-state index is 14.5. The number of carbonyl (C=O) groups is 2. The summed E-state index contributed by atoms with van der Waals surface area (Å²) >= 11 is 0. The van der Waals surface area contributed by atoms with Gasteiger partial charge in [-0.15, -0.1) is 0 Å².